The highest BCUT2D eigenvalue weighted by Gasteiger charge is 2.19. The first-order valence-electron chi connectivity index (χ1n) is 17.3. The average Bonchev–Trinajstić information content (AvgIpc) is 3.55. The molecule has 10 rings (SSSR count). The van der Waals surface area contributed by atoms with Crippen LogP contribution in [0.1, 0.15) is 5.56 Å². The molecule has 0 bridgehead atoms. The van der Waals surface area contributed by atoms with Crippen LogP contribution in [0.25, 0.3) is 98.8 Å². The summed E-state index contributed by atoms with van der Waals surface area (Å²) in [6, 6.07) is 63.9. The Labute approximate surface area is 290 Å². The van der Waals surface area contributed by atoms with Crippen molar-refractivity contribution in [1.29, 1.82) is 0 Å². The topological polar surface area (TPSA) is 13.1 Å². The highest BCUT2D eigenvalue weighted by atomic mass is 16.3. The van der Waals surface area contributed by atoms with Gasteiger partial charge in [0.15, 0.2) is 0 Å². The molecule has 1 nitrogen and oxygen atoms in total. The summed E-state index contributed by atoms with van der Waals surface area (Å²) in [7, 11) is 0. The number of aryl methyl sites for hydroxylation is 1. The molecule has 0 saturated heterocycles. The van der Waals surface area contributed by atoms with E-state index in [0.717, 1.165) is 33.1 Å². The fraction of sp³-hybridized carbons (Fsp3) is 0.0204. The van der Waals surface area contributed by atoms with Gasteiger partial charge in [0.2, 0.25) is 0 Å². The normalized spacial score (nSPS) is 11.7. The lowest BCUT2D eigenvalue weighted by molar-refractivity contribution is 0.670. The first kappa shape index (κ1) is 28.6. The summed E-state index contributed by atoms with van der Waals surface area (Å²) in [6.45, 7) is 2.13. The molecule has 0 amide bonds. The zero-order valence-corrected chi connectivity index (χ0v) is 27.7. The van der Waals surface area contributed by atoms with E-state index in [2.05, 4.69) is 177 Å². The van der Waals surface area contributed by atoms with Crippen molar-refractivity contribution >= 4 is 54.3 Å². The second-order valence-electron chi connectivity index (χ2n) is 13.3. The van der Waals surface area contributed by atoms with Crippen LogP contribution >= 0.6 is 0 Å². The van der Waals surface area contributed by atoms with Gasteiger partial charge >= 0.3 is 0 Å². The van der Waals surface area contributed by atoms with Gasteiger partial charge < -0.3 is 4.42 Å². The van der Waals surface area contributed by atoms with E-state index < -0.39 is 0 Å². The maximum absolute atomic E-state index is 6.56. The Morgan fingerprint density at radius 1 is 0.340 bits per heavy atom. The molecule has 50 heavy (non-hydrogen) atoms. The predicted octanol–water partition coefficient (Wildman–Crippen LogP) is 14.0. The van der Waals surface area contributed by atoms with Crippen molar-refractivity contribution in [1.82, 2.24) is 0 Å². The minimum absolute atomic E-state index is 0.908. The molecular formula is C49H32O. The summed E-state index contributed by atoms with van der Waals surface area (Å²) >= 11 is 0. The second kappa shape index (κ2) is 11.3. The van der Waals surface area contributed by atoms with Crippen LogP contribution in [0.4, 0.5) is 0 Å². The average molecular weight is 637 g/mol. The van der Waals surface area contributed by atoms with Gasteiger partial charge in [-0.25, -0.2) is 0 Å². The zero-order valence-electron chi connectivity index (χ0n) is 27.7. The fourth-order valence-corrected chi connectivity index (χ4v) is 7.94. The molecule has 0 N–H and O–H groups in total. The molecule has 0 aliphatic carbocycles. The van der Waals surface area contributed by atoms with Gasteiger partial charge in [0, 0.05) is 16.3 Å². The minimum Gasteiger partial charge on any atom is -0.455 e. The van der Waals surface area contributed by atoms with E-state index in [9.17, 15) is 0 Å². The number of para-hydroxylation sites is 1. The third-order valence-corrected chi connectivity index (χ3v) is 10.3. The SMILES string of the molecule is Cc1ccc(-c2cc(-c3ccc(-c4c5ccccc5c(-c5cccc6ccccc56)c5ccccc45)cc3)c3oc4ccccc4c3c2)cc1. The van der Waals surface area contributed by atoms with Crippen molar-refractivity contribution in [3.05, 3.63) is 181 Å². The molecule has 0 aliphatic heterocycles. The van der Waals surface area contributed by atoms with E-state index in [1.54, 1.807) is 0 Å². The Morgan fingerprint density at radius 2 is 0.880 bits per heavy atom. The molecule has 9 aromatic carbocycles. The zero-order chi connectivity index (χ0) is 33.2. The number of furan rings is 1. The van der Waals surface area contributed by atoms with Crippen LogP contribution in [0.3, 0.4) is 0 Å². The summed E-state index contributed by atoms with van der Waals surface area (Å²) in [4.78, 5) is 0. The van der Waals surface area contributed by atoms with Gasteiger partial charge in [-0.1, -0.05) is 163 Å². The lowest BCUT2D eigenvalue weighted by atomic mass is 9.84. The van der Waals surface area contributed by atoms with Gasteiger partial charge in [-0.05, 0) is 96.4 Å². The molecule has 0 unspecified atom stereocenters. The molecule has 0 saturated carbocycles. The fourth-order valence-electron chi connectivity index (χ4n) is 7.94. The summed E-state index contributed by atoms with van der Waals surface area (Å²) < 4.78 is 6.56. The minimum atomic E-state index is 0.908. The lowest BCUT2D eigenvalue weighted by Gasteiger charge is -2.19. The number of hydrogen-bond acceptors (Lipinski definition) is 1. The highest BCUT2D eigenvalue weighted by molar-refractivity contribution is 6.23. The van der Waals surface area contributed by atoms with Gasteiger partial charge in [-0.15, -0.1) is 0 Å². The van der Waals surface area contributed by atoms with Crippen molar-refractivity contribution in [2.45, 2.75) is 6.92 Å². The lowest BCUT2D eigenvalue weighted by Crippen LogP contribution is -1.91. The standard InChI is InChI=1S/C49H32O/c1-31-21-23-32(24-22-31)36-29-44(49-45(30-36)38-14-8-9-20-46(38)50-49)34-25-27-35(28-26-34)47-40-15-4-6-17-42(40)48(43-18-7-5-16-41(43)47)39-19-10-12-33-11-2-3-13-37(33)39/h2-30H,1H3. The van der Waals surface area contributed by atoms with Crippen LogP contribution in [-0.4, -0.2) is 0 Å². The van der Waals surface area contributed by atoms with Crippen molar-refractivity contribution in [2.75, 3.05) is 0 Å². The number of hydrogen-bond donors (Lipinski definition) is 0. The Hall–Kier alpha value is -6.44. The molecule has 1 aromatic heterocycles. The Morgan fingerprint density at radius 3 is 1.58 bits per heavy atom. The van der Waals surface area contributed by atoms with Crippen LogP contribution in [0.5, 0.6) is 0 Å². The smallest absolute Gasteiger partial charge is 0.143 e. The largest absolute Gasteiger partial charge is 0.455 e. The van der Waals surface area contributed by atoms with Gasteiger partial charge in [-0.2, -0.15) is 0 Å². The number of rotatable bonds is 4. The van der Waals surface area contributed by atoms with E-state index in [4.69, 9.17) is 4.42 Å². The third-order valence-electron chi connectivity index (χ3n) is 10.3. The van der Waals surface area contributed by atoms with Gasteiger partial charge in [0.25, 0.3) is 0 Å². The summed E-state index contributed by atoms with van der Waals surface area (Å²) in [5.41, 5.74) is 12.7. The van der Waals surface area contributed by atoms with Crippen molar-refractivity contribution in [3.8, 4) is 44.5 Å². The van der Waals surface area contributed by atoms with Crippen LogP contribution in [0.2, 0.25) is 0 Å². The molecule has 1 heteroatoms. The van der Waals surface area contributed by atoms with E-state index in [-0.39, 0.29) is 0 Å². The van der Waals surface area contributed by atoms with Crippen LogP contribution < -0.4 is 0 Å². The summed E-state index contributed by atoms with van der Waals surface area (Å²) in [5, 5.41) is 9.83. The van der Waals surface area contributed by atoms with Crippen molar-refractivity contribution in [3.63, 3.8) is 0 Å². The van der Waals surface area contributed by atoms with Crippen LogP contribution in [-0.2, 0) is 0 Å². The molecule has 0 aliphatic rings. The first-order chi connectivity index (χ1) is 24.7. The monoisotopic (exact) mass is 636 g/mol. The Kier molecular flexibility index (Phi) is 6.47. The molecule has 0 fully saturated rings. The molecule has 1 heterocycles. The van der Waals surface area contributed by atoms with Crippen LogP contribution in [0, 0.1) is 6.92 Å². The molecule has 234 valence electrons. The van der Waals surface area contributed by atoms with E-state index in [0.29, 0.717) is 0 Å². The molecule has 10 aromatic rings. The summed E-state index contributed by atoms with van der Waals surface area (Å²) in [6.07, 6.45) is 0. The third kappa shape index (κ3) is 4.48. The molecule has 0 radical (unpaired) electrons. The van der Waals surface area contributed by atoms with E-state index in [1.807, 2.05) is 6.07 Å². The molecule has 0 spiro atoms. The van der Waals surface area contributed by atoms with Crippen LogP contribution in [0.15, 0.2) is 180 Å². The maximum atomic E-state index is 6.56. The quantitative estimate of drug-likeness (QED) is 0.175. The van der Waals surface area contributed by atoms with Gasteiger partial charge in [-0.3, -0.25) is 0 Å². The van der Waals surface area contributed by atoms with Crippen molar-refractivity contribution < 1.29 is 4.42 Å². The Balaban J connectivity index is 1.19. The maximum Gasteiger partial charge on any atom is 0.143 e. The predicted molar refractivity (Wildman–Crippen MR) is 213 cm³/mol. The highest BCUT2D eigenvalue weighted by Crippen LogP contribution is 2.46. The summed E-state index contributed by atoms with van der Waals surface area (Å²) in [5.74, 6) is 0. The number of benzene rings is 9. The number of fused-ring (bicyclic) bond motifs is 6. The van der Waals surface area contributed by atoms with E-state index in [1.165, 1.54) is 71.3 Å². The molecular weight excluding hydrogens is 605 g/mol. The van der Waals surface area contributed by atoms with E-state index >= 15 is 0 Å². The van der Waals surface area contributed by atoms with Gasteiger partial charge in [0.1, 0.15) is 11.2 Å². The Bertz CT molecular complexity index is 2840. The molecule has 0 atom stereocenters. The van der Waals surface area contributed by atoms with Crippen molar-refractivity contribution in [2.24, 2.45) is 0 Å². The first-order valence-corrected chi connectivity index (χ1v) is 17.3. The van der Waals surface area contributed by atoms with Gasteiger partial charge in [0.05, 0.1) is 0 Å². The second-order valence-corrected chi connectivity index (χ2v) is 13.3.